The quantitative estimate of drug-likeness (QED) is 0.0491. The zero-order valence-electron chi connectivity index (χ0n) is 29.9. The normalized spacial score (nSPS) is 28.9. The van der Waals surface area contributed by atoms with Crippen molar-refractivity contribution in [1.29, 1.82) is 0 Å². The van der Waals surface area contributed by atoms with Crippen molar-refractivity contribution in [2.75, 3.05) is 26.1 Å². The number of phosphoric ester groups is 2. The molecule has 6 heterocycles. The number of ether oxygens (including phenoxy) is 4. The molecule has 0 bridgehead atoms. The summed E-state index contributed by atoms with van der Waals surface area (Å²) in [5, 5.41) is 22.1. The van der Waals surface area contributed by atoms with Crippen molar-refractivity contribution < 1.29 is 75.2 Å². The van der Waals surface area contributed by atoms with Crippen molar-refractivity contribution in [1.82, 2.24) is 34.1 Å². The van der Waals surface area contributed by atoms with Gasteiger partial charge in [-0.05, 0) is 32.6 Å². The standard InChI is InChI=1S/C26H38N9O17P3S/c1-10(2)48-18-13(50-24(17(18)37)34-8-28-14-20(34)29-11(3)30-22(14)38)7-47-54(42,43)52-55(44,56)51-53(40,41)46-6-12-16(36)19(45-5)25(49-12)35-9-33(4)15-21(35)31-26(27)32-23(15)39/h8-10,12-13,16-19,24-25,36-37H,6-7H2,1-5H3,(H6-,27,29,30,31,32,38,39,40,41,42,43,44,56)/p+1/t12-,13-,16+,17?,18+,19?,24-,25-,55?/m1/s1. The van der Waals surface area contributed by atoms with Crippen molar-refractivity contribution >= 4 is 62.4 Å². The molecule has 0 aliphatic carbocycles. The molecule has 11 atom stereocenters. The minimum Gasteiger partial charge on any atom is -0.387 e. The maximum absolute atomic E-state index is 12.9. The Morgan fingerprint density at radius 1 is 0.946 bits per heavy atom. The fourth-order valence-corrected chi connectivity index (χ4v) is 11.3. The van der Waals surface area contributed by atoms with Gasteiger partial charge in [0.2, 0.25) is 18.5 Å². The fraction of sp³-hybridized carbons (Fsp3) is 0.615. The van der Waals surface area contributed by atoms with Crippen LogP contribution in [-0.4, -0.2) is 122 Å². The molecule has 4 aromatic heterocycles. The monoisotopic (exact) mass is 874 g/mol. The molecule has 30 heteroatoms. The lowest BCUT2D eigenvalue weighted by Crippen LogP contribution is -2.38. The number of methoxy groups -OCH3 is 1. The smallest absolute Gasteiger partial charge is 0.387 e. The number of aliphatic hydroxyl groups excluding tert-OH is 2. The van der Waals surface area contributed by atoms with E-state index in [9.17, 15) is 43.6 Å². The van der Waals surface area contributed by atoms with Crippen LogP contribution in [-0.2, 0) is 64.6 Å². The first-order valence-corrected chi connectivity index (χ1v) is 21.9. The van der Waals surface area contributed by atoms with Crippen molar-refractivity contribution in [2.24, 2.45) is 7.05 Å². The highest BCUT2D eigenvalue weighted by Gasteiger charge is 2.51. The van der Waals surface area contributed by atoms with Gasteiger partial charge in [0.05, 0.1) is 32.7 Å². The van der Waals surface area contributed by atoms with Crippen molar-refractivity contribution in [3.8, 4) is 0 Å². The molecule has 4 aromatic rings. The number of hydrogen-bond donors (Lipinski definition) is 8. The van der Waals surface area contributed by atoms with Crippen LogP contribution in [0.3, 0.4) is 0 Å². The number of nitrogens with zero attached hydrogens (tertiary/aromatic N) is 6. The highest BCUT2D eigenvalue weighted by atomic mass is 32.5. The Morgan fingerprint density at radius 3 is 2.20 bits per heavy atom. The number of hydrogen-bond acceptors (Lipinski definition) is 19. The molecule has 310 valence electrons. The molecule has 9 N–H and O–H groups in total. The second-order valence-corrected chi connectivity index (χ2v) is 18.9. The van der Waals surface area contributed by atoms with Crippen LogP contribution in [0, 0.1) is 6.92 Å². The molecule has 2 saturated heterocycles. The lowest BCUT2D eigenvalue weighted by atomic mass is 10.1. The predicted octanol–water partition coefficient (Wildman–Crippen LogP) is -1.62. The van der Waals surface area contributed by atoms with Crippen LogP contribution >= 0.6 is 22.4 Å². The van der Waals surface area contributed by atoms with E-state index in [1.165, 1.54) is 40.4 Å². The number of H-pyrrole nitrogens is 2. The number of aromatic nitrogens is 8. The number of aliphatic hydroxyl groups is 2. The minimum absolute atomic E-state index is 0.0443. The molecule has 56 heavy (non-hydrogen) atoms. The average molecular weight is 875 g/mol. The summed E-state index contributed by atoms with van der Waals surface area (Å²) < 4.78 is 71.7. The average Bonchev–Trinajstić information content (AvgIpc) is 3.80. The van der Waals surface area contributed by atoms with Gasteiger partial charge in [-0.2, -0.15) is 9.55 Å². The molecule has 0 amide bonds. The van der Waals surface area contributed by atoms with E-state index in [1.807, 2.05) is 0 Å². The van der Waals surface area contributed by atoms with Crippen LogP contribution in [0.1, 0.15) is 32.1 Å². The highest BCUT2D eigenvalue weighted by Crippen LogP contribution is 2.68. The Labute approximate surface area is 319 Å². The summed E-state index contributed by atoms with van der Waals surface area (Å²) in [6.45, 7) is -2.00. The van der Waals surface area contributed by atoms with Gasteiger partial charge in [-0.15, -0.1) is 0 Å². The number of nitrogen functional groups attached to an aromatic ring is 1. The molecular formula is C26H39N9O17P3S+. The number of aromatic amines is 2. The maximum atomic E-state index is 12.9. The van der Waals surface area contributed by atoms with Crippen molar-refractivity contribution in [3.05, 3.63) is 39.2 Å². The molecule has 6 rings (SSSR count). The lowest BCUT2D eigenvalue weighted by Gasteiger charge is -2.24. The van der Waals surface area contributed by atoms with Crippen LogP contribution in [0.15, 0.2) is 22.2 Å². The number of fused-ring (bicyclic) bond motifs is 2. The van der Waals surface area contributed by atoms with E-state index in [0.717, 1.165) is 0 Å². The number of nitrogens with two attached hydrogens (primary N) is 1. The SMILES string of the molecule is COC1[C@@H](O)[C@@H](COP(=O)(O)OP(O)(=S)OP(=O)(O)OC[C@H]2O[C@@H](n3cnc4c(=O)[nH]c(C)nc43)C(O)[C@H]2OC(C)C)O[C@H]1n1c[n+](C)c2c(=O)[nH]c(N)nc21. The Kier molecular flexibility index (Phi) is 12.2. The third-order valence-electron chi connectivity index (χ3n) is 8.43. The Balaban J connectivity index is 1.09. The first-order valence-electron chi connectivity index (χ1n) is 16.3. The van der Waals surface area contributed by atoms with Gasteiger partial charge in [-0.1, -0.05) is 0 Å². The summed E-state index contributed by atoms with van der Waals surface area (Å²) in [7, 11) is -8.07. The third kappa shape index (κ3) is 8.89. The van der Waals surface area contributed by atoms with Gasteiger partial charge in [0.15, 0.2) is 23.5 Å². The molecular weight excluding hydrogens is 835 g/mol. The van der Waals surface area contributed by atoms with Gasteiger partial charge in [0.25, 0.3) is 16.7 Å². The van der Waals surface area contributed by atoms with E-state index < -0.39 is 102 Å². The van der Waals surface area contributed by atoms with Gasteiger partial charge in [-0.3, -0.25) is 28.2 Å². The van der Waals surface area contributed by atoms with E-state index in [0.29, 0.717) is 0 Å². The molecule has 2 fully saturated rings. The largest absolute Gasteiger partial charge is 0.479 e. The first-order chi connectivity index (χ1) is 26.1. The summed E-state index contributed by atoms with van der Waals surface area (Å²) in [4.78, 5) is 73.4. The van der Waals surface area contributed by atoms with E-state index in [4.69, 9.17) is 45.5 Å². The number of phosphoric acid groups is 2. The zero-order valence-corrected chi connectivity index (χ0v) is 33.4. The lowest BCUT2D eigenvalue weighted by molar-refractivity contribution is -0.646. The Hall–Kier alpha value is -2.91. The van der Waals surface area contributed by atoms with Crippen molar-refractivity contribution in [3.63, 3.8) is 0 Å². The molecule has 0 aromatic carbocycles. The van der Waals surface area contributed by atoms with E-state index in [2.05, 4.69) is 33.5 Å². The second-order valence-electron chi connectivity index (χ2n) is 12.9. The molecule has 0 radical (unpaired) electrons. The molecule has 26 nitrogen and oxygen atoms in total. The number of imidazole rings is 2. The summed E-state index contributed by atoms with van der Waals surface area (Å²) in [6.07, 6.45) is -8.27. The van der Waals surface area contributed by atoms with Crippen LogP contribution in [0.4, 0.5) is 5.95 Å². The predicted molar refractivity (Wildman–Crippen MR) is 190 cm³/mol. The molecule has 2 aliphatic rings. The van der Waals surface area contributed by atoms with Gasteiger partial charge >= 0.3 is 27.9 Å². The number of rotatable bonds is 15. The molecule has 2 aliphatic heterocycles. The van der Waals surface area contributed by atoms with Crippen LogP contribution < -0.4 is 21.4 Å². The van der Waals surface area contributed by atoms with Gasteiger partial charge < -0.3 is 54.6 Å². The number of anilines is 1. The summed E-state index contributed by atoms with van der Waals surface area (Å²) in [5.74, 6) is 0.0473. The Bertz CT molecular complexity index is 2370. The second kappa shape index (κ2) is 16.0. The third-order valence-corrected chi connectivity index (χ3v) is 13.9. The van der Waals surface area contributed by atoms with Crippen LogP contribution in [0.5, 0.6) is 0 Å². The highest BCUT2D eigenvalue weighted by molar-refractivity contribution is 8.09. The molecule has 0 saturated carbocycles. The summed E-state index contributed by atoms with van der Waals surface area (Å²) >= 11 is 4.69. The van der Waals surface area contributed by atoms with E-state index in [-0.39, 0.29) is 34.1 Å². The van der Waals surface area contributed by atoms with E-state index in [1.54, 1.807) is 20.9 Å². The maximum Gasteiger partial charge on any atom is 0.479 e. The fourth-order valence-electron chi connectivity index (χ4n) is 6.24. The molecule has 5 unspecified atom stereocenters. The minimum atomic E-state index is -5.44. The number of nitrogens with one attached hydrogen (secondary N) is 2. The summed E-state index contributed by atoms with van der Waals surface area (Å²) in [6, 6.07) is 0. The number of aryl methyl sites for hydroxylation is 2. The first kappa shape index (κ1) is 42.7. The van der Waals surface area contributed by atoms with Crippen molar-refractivity contribution in [2.45, 2.75) is 76.0 Å². The van der Waals surface area contributed by atoms with Gasteiger partial charge in [0, 0.05) is 7.11 Å². The van der Waals surface area contributed by atoms with E-state index >= 15 is 0 Å². The Morgan fingerprint density at radius 2 is 1.57 bits per heavy atom. The van der Waals surface area contributed by atoms with Gasteiger partial charge in [-0.25, -0.2) is 32.3 Å². The van der Waals surface area contributed by atoms with Crippen LogP contribution in [0.2, 0.25) is 0 Å². The zero-order chi connectivity index (χ0) is 41.1. The van der Waals surface area contributed by atoms with Crippen LogP contribution in [0.25, 0.3) is 22.3 Å². The van der Waals surface area contributed by atoms with Gasteiger partial charge in [0.1, 0.15) is 36.3 Å². The summed E-state index contributed by atoms with van der Waals surface area (Å²) in [5.41, 5.74) is 4.81. The topological polar surface area (TPSA) is 353 Å². The molecule has 0 spiro atoms.